The third-order valence-electron chi connectivity index (χ3n) is 5.51. The Labute approximate surface area is 172 Å². The largest absolute Gasteiger partial charge is 0.433 e. The van der Waals surface area contributed by atoms with Crippen molar-refractivity contribution in [2.45, 2.75) is 32.3 Å². The van der Waals surface area contributed by atoms with E-state index in [4.69, 9.17) is 0 Å². The van der Waals surface area contributed by atoms with Gasteiger partial charge in [-0.05, 0) is 49.4 Å². The van der Waals surface area contributed by atoms with Gasteiger partial charge in [-0.25, -0.2) is 0 Å². The molecule has 9 heteroatoms. The number of hydrogen-bond donors (Lipinski definition) is 0. The summed E-state index contributed by atoms with van der Waals surface area (Å²) in [5, 5.41) is 11.7. The number of carbonyl (C=O) groups is 1. The van der Waals surface area contributed by atoms with Crippen molar-refractivity contribution in [2.24, 2.45) is 0 Å². The van der Waals surface area contributed by atoms with E-state index in [-0.39, 0.29) is 17.0 Å². The average Bonchev–Trinajstić information content (AvgIpc) is 3.27. The number of para-hydroxylation sites is 1. The minimum atomic E-state index is -3.02. The number of ether oxygens (including phenoxy) is 1. The maximum atomic E-state index is 13.3. The maximum Gasteiger partial charge on any atom is 0.387 e. The van der Waals surface area contributed by atoms with Gasteiger partial charge in [0.2, 0.25) is 0 Å². The van der Waals surface area contributed by atoms with Crippen molar-refractivity contribution in [1.82, 2.24) is 0 Å². The summed E-state index contributed by atoms with van der Waals surface area (Å²) in [4.78, 5) is 27.7. The van der Waals surface area contributed by atoms with Crippen LogP contribution >= 0.6 is 0 Å². The second kappa shape index (κ2) is 8.25. The Hall–Kier alpha value is -3.23. The van der Waals surface area contributed by atoms with E-state index >= 15 is 0 Å². The van der Waals surface area contributed by atoms with E-state index < -0.39 is 17.4 Å². The average molecular weight is 417 g/mol. The molecule has 1 saturated heterocycles. The molecule has 30 heavy (non-hydrogen) atoms. The molecule has 2 aromatic rings. The van der Waals surface area contributed by atoms with Crippen LogP contribution in [0.2, 0.25) is 0 Å². The number of fused-ring (bicyclic) bond motifs is 1. The number of anilines is 2. The molecule has 7 nitrogen and oxygen atoms in total. The second-order valence-corrected chi connectivity index (χ2v) is 7.36. The number of alkyl halides is 2. The summed E-state index contributed by atoms with van der Waals surface area (Å²) in [5.41, 5.74) is 1.55. The van der Waals surface area contributed by atoms with Gasteiger partial charge in [-0.1, -0.05) is 12.1 Å². The lowest BCUT2D eigenvalue weighted by molar-refractivity contribution is -0.384. The van der Waals surface area contributed by atoms with Crippen LogP contribution in [-0.2, 0) is 6.42 Å². The Morgan fingerprint density at radius 1 is 1.10 bits per heavy atom. The fourth-order valence-electron chi connectivity index (χ4n) is 4.19. The lowest BCUT2D eigenvalue weighted by Crippen LogP contribution is -2.36. The quantitative estimate of drug-likeness (QED) is 0.533. The number of nitro groups is 1. The van der Waals surface area contributed by atoms with E-state index in [1.807, 2.05) is 4.90 Å². The van der Waals surface area contributed by atoms with Crippen molar-refractivity contribution in [1.29, 1.82) is 0 Å². The molecule has 0 bridgehead atoms. The number of nitrogens with zero attached hydrogens (tertiary/aromatic N) is 3. The number of amides is 1. The van der Waals surface area contributed by atoms with E-state index in [0.717, 1.165) is 31.5 Å². The summed E-state index contributed by atoms with van der Waals surface area (Å²) in [6.07, 6.45) is 3.23. The third-order valence-corrected chi connectivity index (χ3v) is 5.51. The molecular weight excluding hydrogens is 396 g/mol. The lowest BCUT2D eigenvalue weighted by atomic mass is 9.99. The number of benzene rings is 2. The minimum Gasteiger partial charge on any atom is -0.433 e. The van der Waals surface area contributed by atoms with Crippen molar-refractivity contribution in [2.75, 3.05) is 29.4 Å². The molecule has 158 valence electrons. The van der Waals surface area contributed by atoms with Crippen molar-refractivity contribution in [3.63, 3.8) is 0 Å². The predicted molar refractivity (Wildman–Crippen MR) is 108 cm³/mol. The van der Waals surface area contributed by atoms with Gasteiger partial charge in [0.15, 0.2) is 0 Å². The molecule has 0 unspecified atom stereocenters. The first-order chi connectivity index (χ1) is 14.5. The SMILES string of the molecule is O=C(c1ccc(N2CCCC2)c([N+](=O)[O-])c1)N1CCCc2cccc(OC(F)F)c21. The van der Waals surface area contributed by atoms with Crippen LogP contribution in [0, 0.1) is 10.1 Å². The molecular formula is C21H21F2N3O4. The number of hydrogen-bond acceptors (Lipinski definition) is 5. The van der Waals surface area contributed by atoms with Gasteiger partial charge < -0.3 is 14.5 Å². The van der Waals surface area contributed by atoms with E-state index in [9.17, 15) is 23.7 Å². The van der Waals surface area contributed by atoms with Gasteiger partial charge in [0.05, 0.1) is 10.6 Å². The fraction of sp³-hybridized carbons (Fsp3) is 0.381. The zero-order chi connectivity index (χ0) is 21.3. The highest BCUT2D eigenvalue weighted by molar-refractivity contribution is 6.08. The van der Waals surface area contributed by atoms with Gasteiger partial charge >= 0.3 is 6.61 Å². The highest BCUT2D eigenvalue weighted by atomic mass is 19.3. The monoisotopic (exact) mass is 417 g/mol. The van der Waals surface area contributed by atoms with Crippen LogP contribution in [0.1, 0.15) is 35.2 Å². The number of nitro benzene ring substituents is 1. The molecule has 0 N–H and O–H groups in total. The summed E-state index contributed by atoms with van der Waals surface area (Å²) in [7, 11) is 0. The number of halogens is 2. The molecule has 2 heterocycles. The molecule has 1 amide bonds. The Kier molecular flexibility index (Phi) is 5.52. The predicted octanol–water partition coefficient (Wildman–Crippen LogP) is 4.39. The second-order valence-electron chi connectivity index (χ2n) is 7.36. The first kappa shape index (κ1) is 20.1. The summed E-state index contributed by atoms with van der Waals surface area (Å²) in [6, 6.07) is 9.22. The lowest BCUT2D eigenvalue weighted by Gasteiger charge is -2.31. The molecule has 0 saturated carbocycles. The standard InChI is InChI=1S/C21H21F2N3O4/c22-21(23)30-18-7-3-5-14-6-4-12-25(19(14)18)20(27)15-8-9-16(17(13-15)26(28)29)24-10-1-2-11-24/h3,5,7-9,13,21H,1-2,4,6,10-12H2. The molecule has 0 aromatic heterocycles. The van der Waals surface area contributed by atoms with Crippen LogP contribution in [0.4, 0.5) is 25.8 Å². The normalized spacial score (nSPS) is 16.0. The van der Waals surface area contributed by atoms with Gasteiger partial charge in [0.1, 0.15) is 11.4 Å². The van der Waals surface area contributed by atoms with Crippen LogP contribution < -0.4 is 14.5 Å². The topological polar surface area (TPSA) is 75.9 Å². The Morgan fingerprint density at radius 2 is 1.87 bits per heavy atom. The van der Waals surface area contributed by atoms with Crippen LogP contribution in [0.5, 0.6) is 5.75 Å². The first-order valence-electron chi connectivity index (χ1n) is 9.87. The zero-order valence-electron chi connectivity index (χ0n) is 16.2. The van der Waals surface area contributed by atoms with Crippen LogP contribution in [0.15, 0.2) is 36.4 Å². The third kappa shape index (κ3) is 3.79. The summed E-state index contributed by atoms with van der Waals surface area (Å²) in [6.45, 7) is -1.22. The maximum absolute atomic E-state index is 13.3. The molecule has 2 aliphatic heterocycles. The Bertz CT molecular complexity index is 977. The van der Waals surface area contributed by atoms with E-state index in [1.165, 1.54) is 17.0 Å². The summed E-state index contributed by atoms with van der Waals surface area (Å²) < 4.78 is 30.4. The molecule has 0 atom stereocenters. The van der Waals surface area contributed by atoms with Crippen LogP contribution in [0.25, 0.3) is 0 Å². The highest BCUT2D eigenvalue weighted by Crippen LogP contribution is 2.39. The van der Waals surface area contributed by atoms with Gasteiger partial charge in [-0.3, -0.25) is 14.9 Å². The van der Waals surface area contributed by atoms with Crippen molar-refractivity contribution in [3.8, 4) is 5.75 Å². The molecule has 0 aliphatic carbocycles. The van der Waals surface area contributed by atoms with E-state index in [1.54, 1.807) is 24.3 Å². The highest BCUT2D eigenvalue weighted by Gasteiger charge is 2.30. The molecule has 4 rings (SSSR count). The van der Waals surface area contributed by atoms with Crippen molar-refractivity contribution >= 4 is 23.0 Å². The van der Waals surface area contributed by atoms with Crippen molar-refractivity contribution < 1.29 is 23.2 Å². The fourth-order valence-corrected chi connectivity index (χ4v) is 4.19. The van der Waals surface area contributed by atoms with Crippen molar-refractivity contribution in [3.05, 3.63) is 57.6 Å². The van der Waals surface area contributed by atoms with Gasteiger partial charge in [0.25, 0.3) is 11.6 Å². The van der Waals surface area contributed by atoms with Gasteiger partial charge in [-0.2, -0.15) is 8.78 Å². The molecule has 2 aromatic carbocycles. The number of rotatable bonds is 5. The Morgan fingerprint density at radius 3 is 2.57 bits per heavy atom. The van der Waals surface area contributed by atoms with Crippen LogP contribution in [0.3, 0.4) is 0 Å². The van der Waals surface area contributed by atoms with Gasteiger partial charge in [-0.15, -0.1) is 0 Å². The van der Waals surface area contributed by atoms with Gasteiger partial charge in [0, 0.05) is 31.3 Å². The molecule has 0 radical (unpaired) electrons. The number of carbonyl (C=O) groups excluding carboxylic acids is 1. The summed E-state index contributed by atoms with van der Waals surface area (Å²) in [5.74, 6) is -0.545. The molecule has 1 fully saturated rings. The van der Waals surface area contributed by atoms with Crippen LogP contribution in [-0.4, -0.2) is 37.1 Å². The Balaban J connectivity index is 1.71. The smallest absolute Gasteiger partial charge is 0.387 e. The van der Waals surface area contributed by atoms with E-state index in [0.29, 0.717) is 30.8 Å². The summed E-state index contributed by atoms with van der Waals surface area (Å²) >= 11 is 0. The number of aryl methyl sites for hydroxylation is 1. The minimum absolute atomic E-state index is 0.0706. The van der Waals surface area contributed by atoms with E-state index in [2.05, 4.69) is 4.74 Å². The molecule has 0 spiro atoms. The first-order valence-corrected chi connectivity index (χ1v) is 9.87. The zero-order valence-corrected chi connectivity index (χ0v) is 16.2. The molecule has 2 aliphatic rings.